The van der Waals surface area contributed by atoms with Gasteiger partial charge in [0, 0.05) is 51.7 Å². The maximum atomic E-state index is 11.9. The lowest BCUT2D eigenvalue weighted by Gasteiger charge is -2.22. The number of amides is 1. The second-order valence-electron chi connectivity index (χ2n) is 5.12. The van der Waals surface area contributed by atoms with E-state index in [9.17, 15) is 4.79 Å². The Balaban J connectivity index is 1.66. The lowest BCUT2D eigenvalue weighted by atomic mass is 10.2. The summed E-state index contributed by atoms with van der Waals surface area (Å²) in [6.45, 7) is 3.86. The molecule has 0 bridgehead atoms. The van der Waals surface area contributed by atoms with Crippen LogP contribution in [0.4, 0.5) is 0 Å². The van der Waals surface area contributed by atoms with E-state index in [1.807, 2.05) is 23.9 Å². The minimum Gasteiger partial charge on any atom is -0.355 e. The molecule has 3 nitrogen and oxygen atoms in total. The summed E-state index contributed by atoms with van der Waals surface area (Å²) >= 11 is 7.14. The second kappa shape index (κ2) is 9.08. The van der Waals surface area contributed by atoms with E-state index in [4.69, 9.17) is 0 Å². The Morgan fingerprint density at radius 2 is 2.29 bits per heavy atom. The van der Waals surface area contributed by atoms with E-state index in [0.717, 1.165) is 22.5 Å². The summed E-state index contributed by atoms with van der Waals surface area (Å²) in [5, 5.41) is 6.80. The molecular weight excluding hydrogens is 368 g/mol. The molecule has 2 rings (SSSR count). The summed E-state index contributed by atoms with van der Waals surface area (Å²) < 4.78 is 1.09. The molecule has 0 radical (unpaired) electrons. The van der Waals surface area contributed by atoms with E-state index in [0.29, 0.717) is 24.3 Å². The molecule has 1 aromatic rings. The number of hydrogen-bond donors (Lipinski definition) is 2. The van der Waals surface area contributed by atoms with Crippen LogP contribution in [-0.4, -0.2) is 41.8 Å². The van der Waals surface area contributed by atoms with E-state index in [1.165, 1.54) is 4.90 Å². The number of nitrogens with one attached hydrogen (secondary N) is 2. The predicted molar refractivity (Wildman–Crippen MR) is 96.2 cm³/mol. The van der Waals surface area contributed by atoms with Gasteiger partial charge in [-0.15, -0.1) is 11.8 Å². The molecule has 1 amide bonds. The summed E-state index contributed by atoms with van der Waals surface area (Å²) in [5.74, 6) is 2.34. The number of halogens is 1. The molecular formula is C15H21BrN2OS2. The fourth-order valence-electron chi connectivity index (χ4n) is 2.09. The Morgan fingerprint density at radius 1 is 1.52 bits per heavy atom. The fraction of sp³-hybridized carbons (Fsp3) is 0.533. The van der Waals surface area contributed by atoms with Crippen molar-refractivity contribution in [3.63, 3.8) is 0 Å². The third-order valence-electron chi connectivity index (χ3n) is 3.17. The molecule has 0 spiro atoms. The molecule has 2 N–H and O–H groups in total. The SMILES string of the molecule is CC(CNC(=O)CC1CSCCN1)Sc1ccc(Br)cc1. The van der Waals surface area contributed by atoms with Gasteiger partial charge in [0.05, 0.1) is 0 Å². The third-order valence-corrected chi connectivity index (χ3v) is 5.94. The summed E-state index contributed by atoms with van der Waals surface area (Å²) in [6.07, 6.45) is 0.586. The van der Waals surface area contributed by atoms with E-state index in [-0.39, 0.29) is 5.91 Å². The molecule has 0 aromatic heterocycles. The average Bonchev–Trinajstić information content (AvgIpc) is 2.49. The van der Waals surface area contributed by atoms with Crippen LogP contribution in [0.3, 0.4) is 0 Å². The molecule has 21 heavy (non-hydrogen) atoms. The van der Waals surface area contributed by atoms with Gasteiger partial charge in [0.1, 0.15) is 0 Å². The number of thioether (sulfide) groups is 2. The van der Waals surface area contributed by atoms with Crippen LogP contribution in [0.2, 0.25) is 0 Å². The van der Waals surface area contributed by atoms with Crippen LogP contribution in [0.25, 0.3) is 0 Å². The van der Waals surface area contributed by atoms with Crippen molar-refractivity contribution < 1.29 is 4.79 Å². The third kappa shape index (κ3) is 6.63. The molecule has 6 heteroatoms. The van der Waals surface area contributed by atoms with E-state index in [1.54, 1.807) is 11.8 Å². The molecule has 116 valence electrons. The Morgan fingerprint density at radius 3 is 2.95 bits per heavy atom. The second-order valence-corrected chi connectivity index (χ2v) is 8.69. The Kier molecular flexibility index (Phi) is 7.43. The predicted octanol–water partition coefficient (Wildman–Crippen LogP) is 3.14. The summed E-state index contributed by atoms with van der Waals surface area (Å²) in [4.78, 5) is 13.2. The van der Waals surface area contributed by atoms with E-state index in [2.05, 4.69) is 45.6 Å². The Labute approximate surface area is 143 Å². The van der Waals surface area contributed by atoms with Gasteiger partial charge in [0.25, 0.3) is 0 Å². The molecule has 1 aliphatic rings. The molecule has 1 heterocycles. The summed E-state index contributed by atoms with van der Waals surface area (Å²) in [6, 6.07) is 8.60. The normalized spacial score (nSPS) is 20.0. The van der Waals surface area contributed by atoms with Crippen molar-refractivity contribution in [2.45, 2.75) is 29.5 Å². The van der Waals surface area contributed by atoms with Crippen LogP contribution in [-0.2, 0) is 4.79 Å². The van der Waals surface area contributed by atoms with Crippen LogP contribution < -0.4 is 10.6 Å². The summed E-state index contributed by atoms with van der Waals surface area (Å²) in [7, 11) is 0. The number of carbonyl (C=O) groups excluding carboxylic acids is 1. The Hall–Kier alpha value is -0.170. The number of rotatable bonds is 6. The van der Waals surface area contributed by atoms with Crippen LogP contribution in [0.5, 0.6) is 0 Å². The largest absolute Gasteiger partial charge is 0.355 e. The van der Waals surface area contributed by atoms with Gasteiger partial charge in [-0.25, -0.2) is 0 Å². The summed E-state index contributed by atoms with van der Waals surface area (Å²) in [5.41, 5.74) is 0. The van der Waals surface area contributed by atoms with Gasteiger partial charge in [0.15, 0.2) is 0 Å². The topological polar surface area (TPSA) is 41.1 Å². The van der Waals surface area contributed by atoms with Crippen LogP contribution in [0.1, 0.15) is 13.3 Å². The first kappa shape index (κ1) is 17.2. The van der Waals surface area contributed by atoms with Gasteiger partial charge >= 0.3 is 0 Å². The minimum atomic E-state index is 0.151. The zero-order valence-electron chi connectivity index (χ0n) is 12.1. The average molecular weight is 389 g/mol. The number of hydrogen-bond acceptors (Lipinski definition) is 4. The van der Waals surface area contributed by atoms with Gasteiger partial charge in [0.2, 0.25) is 5.91 Å². The highest BCUT2D eigenvalue weighted by molar-refractivity contribution is 9.10. The lowest BCUT2D eigenvalue weighted by Crippen LogP contribution is -2.42. The van der Waals surface area contributed by atoms with Gasteiger partial charge < -0.3 is 10.6 Å². The minimum absolute atomic E-state index is 0.151. The lowest BCUT2D eigenvalue weighted by molar-refractivity contribution is -0.121. The first-order valence-corrected chi connectivity index (χ1v) is 9.96. The highest BCUT2D eigenvalue weighted by Crippen LogP contribution is 2.24. The van der Waals surface area contributed by atoms with Crippen molar-refractivity contribution in [2.75, 3.05) is 24.6 Å². The van der Waals surface area contributed by atoms with Gasteiger partial charge in [-0.1, -0.05) is 22.9 Å². The molecule has 0 saturated carbocycles. The van der Waals surface area contributed by atoms with Crippen molar-refractivity contribution in [1.29, 1.82) is 0 Å². The standard InChI is InChI=1S/C15H21BrN2OS2/c1-11(21-14-4-2-12(16)3-5-14)9-18-15(19)8-13-10-20-7-6-17-13/h2-5,11,13,17H,6-10H2,1H3,(H,18,19). The van der Waals surface area contributed by atoms with E-state index < -0.39 is 0 Å². The molecule has 0 aliphatic carbocycles. The van der Waals surface area contributed by atoms with Crippen molar-refractivity contribution in [3.05, 3.63) is 28.7 Å². The quantitative estimate of drug-likeness (QED) is 0.734. The molecule has 1 fully saturated rings. The van der Waals surface area contributed by atoms with Gasteiger partial charge in [-0.2, -0.15) is 11.8 Å². The zero-order valence-corrected chi connectivity index (χ0v) is 15.3. The van der Waals surface area contributed by atoms with Crippen molar-refractivity contribution in [2.24, 2.45) is 0 Å². The van der Waals surface area contributed by atoms with E-state index >= 15 is 0 Å². The molecule has 1 aromatic carbocycles. The number of benzene rings is 1. The molecule has 2 unspecified atom stereocenters. The maximum Gasteiger partial charge on any atom is 0.221 e. The zero-order chi connectivity index (χ0) is 15.1. The maximum absolute atomic E-state index is 11.9. The monoisotopic (exact) mass is 388 g/mol. The highest BCUT2D eigenvalue weighted by atomic mass is 79.9. The van der Waals surface area contributed by atoms with Crippen molar-refractivity contribution in [3.8, 4) is 0 Å². The molecule has 1 saturated heterocycles. The van der Waals surface area contributed by atoms with Crippen LogP contribution in [0, 0.1) is 0 Å². The van der Waals surface area contributed by atoms with Gasteiger partial charge in [-0.05, 0) is 24.3 Å². The smallest absolute Gasteiger partial charge is 0.221 e. The van der Waals surface area contributed by atoms with Crippen LogP contribution in [0.15, 0.2) is 33.6 Å². The molecule has 2 atom stereocenters. The highest BCUT2D eigenvalue weighted by Gasteiger charge is 2.17. The van der Waals surface area contributed by atoms with Crippen molar-refractivity contribution in [1.82, 2.24) is 10.6 Å². The first-order chi connectivity index (χ1) is 10.1. The van der Waals surface area contributed by atoms with Crippen LogP contribution >= 0.6 is 39.5 Å². The first-order valence-electron chi connectivity index (χ1n) is 7.13. The number of carbonyl (C=O) groups is 1. The van der Waals surface area contributed by atoms with Crippen molar-refractivity contribution >= 4 is 45.4 Å². The Bertz CT molecular complexity index is 449. The fourth-order valence-corrected chi connectivity index (χ4v) is 4.23. The van der Waals surface area contributed by atoms with Gasteiger partial charge in [-0.3, -0.25) is 4.79 Å². The molecule has 1 aliphatic heterocycles.